The normalized spacial score (nSPS) is 25.4. The summed E-state index contributed by atoms with van der Waals surface area (Å²) in [4.78, 5) is 27.8. The number of rotatable bonds is 3. The minimum absolute atomic E-state index is 0.0318. The molecule has 0 unspecified atom stereocenters. The molecule has 0 aliphatic carbocycles. The molecule has 2 fully saturated rings. The summed E-state index contributed by atoms with van der Waals surface area (Å²) in [6.45, 7) is 6.04. The number of methoxy groups -OCH3 is 1. The molecule has 28 heavy (non-hydrogen) atoms. The number of piperidine rings is 1. The van der Waals surface area contributed by atoms with E-state index in [2.05, 4.69) is 5.32 Å². The number of halogens is 1. The van der Waals surface area contributed by atoms with E-state index in [0.717, 1.165) is 6.42 Å². The number of nitrogens with one attached hydrogen (secondary N) is 1. The number of amides is 2. The first-order valence-electron chi connectivity index (χ1n) is 9.71. The Morgan fingerprint density at radius 3 is 2.57 bits per heavy atom. The van der Waals surface area contributed by atoms with Crippen LogP contribution in [0.15, 0.2) is 18.2 Å². The van der Waals surface area contributed by atoms with Gasteiger partial charge in [-0.15, -0.1) is 0 Å². The van der Waals surface area contributed by atoms with E-state index < -0.39 is 0 Å². The average Bonchev–Trinajstić information content (AvgIpc) is 2.66. The predicted molar refractivity (Wildman–Crippen MR) is 104 cm³/mol. The van der Waals surface area contributed by atoms with Gasteiger partial charge < -0.3 is 24.6 Å². The second-order valence-corrected chi connectivity index (χ2v) is 7.57. The first-order chi connectivity index (χ1) is 13.4. The monoisotopic (exact) mass is 393 g/mol. The van der Waals surface area contributed by atoms with Crippen LogP contribution in [0, 0.1) is 11.7 Å². The van der Waals surface area contributed by atoms with Crippen molar-refractivity contribution in [2.24, 2.45) is 5.92 Å². The standard InChI is InChI=1S/C20H28FN3O4/c1-13-10-24(11-14(2)28-13)18-7-6-16(9-17(18)21)22-20(26)23-8-4-5-15(12-23)19(25)27-3/h6-7,9,13-15H,4-5,8,10-12H2,1-3H3,(H,22,26)/t13-,14+,15-/m1/s1. The number of carbonyl (C=O) groups excluding carboxylic acids is 2. The summed E-state index contributed by atoms with van der Waals surface area (Å²) in [5.74, 6) is -0.999. The van der Waals surface area contributed by atoms with Gasteiger partial charge in [0.15, 0.2) is 0 Å². The maximum Gasteiger partial charge on any atom is 0.321 e. The van der Waals surface area contributed by atoms with Gasteiger partial charge in [0.2, 0.25) is 0 Å². The highest BCUT2D eigenvalue weighted by Crippen LogP contribution is 2.26. The van der Waals surface area contributed by atoms with Crippen molar-refractivity contribution in [3.05, 3.63) is 24.0 Å². The smallest absolute Gasteiger partial charge is 0.321 e. The number of hydrogen-bond acceptors (Lipinski definition) is 5. The summed E-state index contributed by atoms with van der Waals surface area (Å²) in [5, 5.41) is 2.73. The Hall–Kier alpha value is -2.35. The third-order valence-electron chi connectivity index (χ3n) is 5.20. The van der Waals surface area contributed by atoms with E-state index in [0.29, 0.717) is 44.0 Å². The molecule has 2 aliphatic heterocycles. The van der Waals surface area contributed by atoms with Crippen LogP contribution in [0.3, 0.4) is 0 Å². The molecule has 1 aromatic carbocycles. The molecule has 2 heterocycles. The summed E-state index contributed by atoms with van der Waals surface area (Å²) >= 11 is 0. The van der Waals surface area contributed by atoms with Gasteiger partial charge in [-0.1, -0.05) is 0 Å². The zero-order chi connectivity index (χ0) is 20.3. The maximum atomic E-state index is 14.7. The third-order valence-corrected chi connectivity index (χ3v) is 5.20. The number of morpholine rings is 1. The number of urea groups is 1. The number of benzene rings is 1. The first-order valence-corrected chi connectivity index (χ1v) is 9.71. The number of nitrogens with zero attached hydrogens (tertiary/aromatic N) is 2. The molecule has 8 heteroatoms. The van der Waals surface area contributed by atoms with E-state index >= 15 is 0 Å². The fourth-order valence-electron chi connectivity index (χ4n) is 3.94. The van der Waals surface area contributed by atoms with Crippen LogP contribution in [0.5, 0.6) is 0 Å². The van der Waals surface area contributed by atoms with Crippen LogP contribution in [0.4, 0.5) is 20.6 Å². The van der Waals surface area contributed by atoms with Crippen LogP contribution < -0.4 is 10.2 Å². The van der Waals surface area contributed by atoms with Crippen molar-refractivity contribution in [3.63, 3.8) is 0 Å². The minimum Gasteiger partial charge on any atom is -0.469 e. The van der Waals surface area contributed by atoms with E-state index in [9.17, 15) is 14.0 Å². The van der Waals surface area contributed by atoms with Crippen molar-refractivity contribution in [2.45, 2.75) is 38.9 Å². The van der Waals surface area contributed by atoms with Crippen molar-refractivity contribution < 1.29 is 23.5 Å². The quantitative estimate of drug-likeness (QED) is 0.800. The van der Waals surface area contributed by atoms with Gasteiger partial charge in [0.05, 0.1) is 30.9 Å². The lowest BCUT2D eigenvalue weighted by Crippen LogP contribution is -2.46. The van der Waals surface area contributed by atoms with Crippen molar-refractivity contribution in [3.8, 4) is 0 Å². The molecule has 7 nitrogen and oxygen atoms in total. The molecule has 154 valence electrons. The first kappa shape index (κ1) is 20.4. The third kappa shape index (κ3) is 4.73. The van der Waals surface area contributed by atoms with E-state index in [1.807, 2.05) is 18.7 Å². The van der Waals surface area contributed by atoms with Crippen LogP contribution in [0.2, 0.25) is 0 Å². The molecule has 2 aliphatic rings. The highest BCUT2D eigenvalue weighted by atomic mass is 19.1. The lowest BCUT2D eigenvalue weighted by molar-refractivity contribution is -0.146. The molecular formula is C20H28FN3O4. The lowest BCUT2D eigenvalue weighted by Gasteiger charge is -2.37. The Kier molecular flexibility index (Phi) is 6.39. The summed E-state index contributed by atoms with van der Waals surface area (Å²) in [6, 6.07) is 4.38. The summed E-state index contributed by atoms with van der Waals surface area (Å²) in [7, 11) is 1.35. The molecule has 3 atom stereocenters. The highest BCUT2D eigenvalue weighted by Gasteiger charge is 2.29. The topological polar surface area (TPSA) is 71.1 Å². The number of ether oxygens (including phenoxy) is 2. The second kappa shape index (κ2) is 8.77. The fraction of sp³-hybridized carbons (Fsp3) is 0.600. The molecule has 2 amide bonds. The minimum atomic E-state index is -0.384. The van der Waals surface area contributed by atoms with Crippen LogP contribution in [-0.2, 0) is 14.3 Å². The Labute approximate surface area is 164 Å². The van der Waals surface area contributed by atoms with E-state index in [1.54, 1.807) is 17.0 Å². The molecule has 3 rings (SSSR count). The second-order valence-electron chi connectivity index (χ2n) is 7.57. The number of carbonyl (C=O) groups is 2. The Morgan fingerprint density at radius 1 is 1.21 bits per heavy atom. The summed E-state index contributed by atoms with van der Waals surface area (Å²) in [6.07, 6.45) is 1.50. The van der Waals surface area contributed by atoms with Crippen LogP contribution in [-0.4, -0.2) is 62.4 Å². The Balaban J connectivity index is 1.64. The average molecular weight is 393 g/mol. The van der Waals surface area contributed by atoms with Gasteiger partial charge in [-0.05, 0) is 44.9 Å². The lowest BCUT2D eigenvalue weighted by atomic mass is 9.98. The van der Waals surface area contributed by atoms with Crippen molar-refractivity contribution in [1.82, 2.24) is 4.90 Å². The van der Waals surface area contributed by atoms with Gasteiger partial charge in [-0.3, -0.25) is 4.79 Å². The van der Waals surface area contributed by atoms with Gasteiger partial charge in [-0.2, -0.15) is 0 Å². The number of hydrogen-bond donors (Lipinski definition) is 1. The molecule has 0 bridgehead atoms. The van der Waals surface area contributed by atoms with Gasteiger partial charge in [0.1, 0.15) is 5.82 Å². The number of anilines is 2. The highest BCUT2D eigenvalue weighted by molar-refractivity contribution is 5.90. The van der Waals surface area contributed by atoms with Gasteiger partial charge in [-0.25, -0.2) is 9.18 Å². The predicted octanol–water partition coefficient (Wildman–Crippen LogP) is 2.86. The van der Waals surface area contributed by atoms with E-state index in [-0.39, 0.29) is 35.9 Å². The van der Waals surface area contributed by atoms with Crippen LogP contribution in [0.1, 0.15) is 26.7 Å². The Morgan fingerprint density at radius 2 is 1.93 bits per heavy atom. The zero-order valence-corrected chi connectivity index (χ0v) is 16.6. The molecule has 1 N–H and O–H groups in total. The molecular weight excluding hydrogens is 365 g/mol. The van der Waals surface area contributed by atoms with E-state index in [4.69, 9.17) is 9.47 Å². The Bertz CT molecular complexity index is 719. The fourth-order valence-corrected chi connectivity index (χ4v) is 3.94. The molecule has 0 saturated carbocycles. The molecule has 0 aromatic heterocycles. The maximum absolute atomic E-state index is 14.7. The number of likely N-dealkylation sites (tertiary alicyclic amines) is 1. The van der Waals surface area contributed by atoms with E-state index in [1.165, 1.54) is 13.2 Å². The molecule has 0 radical (unpaired) electrons. The largest absolute Gasteiger partial charge is 0.469 e. The van der Waals surface area contributed by atoms with Crippen LogP contribution >= 0.6 is 0 Å². The van der Waals surface area contributed by atoms with Crippen molar-refractivity contribution in [2.75, 3.05) is 43.5 Å². The van der Waals surface area contributed by atoms with Crippen molar-refractivity contribution >= 4 is 23.4 Å². The van der Waals surface area contributed by atoms with Crippen LogP contribution in [0.25, 0.3) is 0 Å². The summed E-state index contributed by atoms with van der Waals surface area (Å²) in [5.41, 5.74) is 0.893. The molecule has 2 saturated heterocycles. The molecule has 1 aromatic rings. The molecule has 0 spiro atoms. The van der Waals surface area contributed by atoms with Gasteiger partial charge in [0.25, 0.3) is 0 Å². The van der Waals surface area contributed by atoms with Crippen molar-refractivity contribution in [1.29, 1.82) is 0 Å². The van der Waals surface area contributed by atoms with Gasteiger partial charge >= 0.3 is 12.0 Å². The number of esters is 1. The SMILES string of the molecule is COC(=O)[C@@H]1CCCN(C(=O)Nc2ccc(N3C[C@@H](C)O[C@@H](C)C3)c(F)c2)C1. The van der Waals surface area contributed by atoms with Gasteiger partial charge in [0, 0.05) is 31.9 Å². The summed E-state index contributed by atoms with van der Waals surface area (Å²) < 4.78 is 25.2. The zero-order valence-electron chi connectivity index (χ0n) is 16.6.